The number of hydrogen-bond donors (Lipinski definition) is 1. The van der Waals surface area contributed by atoms with E-state index < -0.39 is 23.1 Å². The van der Waals surface area contributed by atoms with Crippen molar-refractivity contribution in [3.05, 3.63) is 95.0 Å². The number of nitrogens with zero attached hydrogens (tertiary/aromatic N) is 1. The maximum atomic E-state index is 13.4. The first-order chi connectivity index (χ1) is 14.7. The van der Waals surface area contributed by atoms with Crippen LogP contribution in [-0.4, -0.2) is 21.7 Å². The fourth-order valence-electron chi connectivity index (χ4n) is 4.05. The van der Waals surface area contributed by atoms with Crippen molar-refractivity contribution in [1.82, 2.24) is 4.90 Å². The van der Waals surface area contributed by atoms with Crippen LogP contribution >= 0.6 is 0 Å². The number of benzene rings is 3. The van der Waals surface area contributed by atoms with E-state index in [1.165, 1.54) is 17.0 Å². The quantitative estimate of drug-likeness (QED) is 0.611. The van der Waals surface area contributed by atoms with Gasteiger partial charge >= 0.3 is 0 Å². The molecule has 0 fully saturated rings. The molecule has 5 heteroatoms. The summed E-state index contributed by atoms with van der Waals surface area (Å²) in [7, 11) is 0. The van der Waals surface area contributed by atoms with Crippen LogP contribution in [0.5, 0.6) is 0 Å². The minimum absolute atomic E-state index is 0.107. The van der Waals surface area contributed by atoms with Crippen molar-refractivity contribution in [2.45, 2.75) is 33.4 Å². The summed E-state index contributed by atoms with van der Waals surface area (Å²) >= 11 is 0. The largest absolute Gasteiger partial charge is 0.503 e. The van der Waals surface area contributed by atoms with Crippen molar-refractivity contribution in [2.75, 3.05) is 0 Å². The number of Topliss-reactive ketones (excluding diaryl/α,β-unsaturated/α-hetero) is 1. The number of rotatable bonds is 4. The molecule has 3 aromatic rings. The molecule has 1 N–H and O–H groups in total. The number of hydrogen-bond acceptors (Lipinski definition) is 3. The van der Waals surface area contributed by atoms with Crippen LogP contribution < -0.4 is 0 Å². The van der Waals surface area contributed by atoms with E-state index in [4.69, 9.17) is 0 Å². The fourth-order valence-corrected chi connectivity index (χ4v) is 4.05. The summed E-state index contributed by atoms with van der Waals surface area (Å²) in [4.78, 5) is 28.0. The zero-order valence-corrected chi connectivity index (χ0v) is 17.7. The smallest absolute Gasteiger partial charge is 0.290 e. The lowest BCUT2D eigenvalue weighted by Crippen LogP contribution is -2.32. The highest BCUT2D eigenvalue weighted by Crippen LogP contribution is 2.43. The number of ketones is 1. The van der Waals surface area contributed by atoms with Crippen LogP contribution in [0.1, 0.15) is 37.9 Å². The van der Waals surface area contributed by atoms with Crippen LogP contribution in [0.4, 0.5) is 4.39 Å². The second-order valence-corrected chi connectivity index (χ2v) is 8.87. The maximum Gasteiger partial charge on any atom is 0.290 e. The first kappa shape index (κ1) is 20.8. The second kappa shape index (κ2) is 7.65. The summed E-state index contributed by atoms with van der Waals surface area (Å²) in [5.41, 5.74) is 0.802. The van der Waals surface area contributed by atoms with Crippen LogP contribution in [-0.2, 0) is 16.1 Å². The van der Waals surface area contributed by atoms with Gasteiger partial charge in [-0.1, -0.05) is 75.4 Å². The Bertz CT molecular complexity index is 1200. The van der Waals surface area contributed by atoms with E-state index in [2.05, 4.69) is 0 Å². The zero-order chi connectivity index (χ0) is 22.3. The average molecular weight is 417 g/mol. The van der Waals surface area contributed by atoms with Crippen molar-refractivity contribution >= 4 is 22.5 Å². The maximum absolute atomic E-state index is 13.4. The Morgan fingerprint density at radius 3 is 2.32 bits per heavy atom. The lowest BCUT2D eigenvalue weighted by atomic mass is 9.81. The van der Waals surface area contributed by atoms with Crippen molar-refractivity contribution in [2.24, 2.45) is 5.41 Å². The predicted molar refractivity (Wildman–Crippen MR) is 118 cm³/mol. The summed E-state index contributed by atoms with van der Waals surface area (Å²) < 4.78 is 13.4. The number of amides is 1. The van der Waals surface area contributed by atoms with E-state index in [0.717, 1.165) is 16.3 Å². The van der Waals surface area contributed by atoms with Gasteiger partial charge in [-0.2, -0.15) is 0 Å². The van der Waals surface area contributed by atoms with Gasteiger partial charge in [0.2, 0.25) is 0 Å². The molecular weight excluding hydrogens is 393 g/mol. The van der Waals surface area contributed by atoms with Gasteiger partial charge in [0.1, 0.15) is 5.82 Å². The van der Waals surface area contributed by atoms with Crippen molar-refractivity contribution in [1.29, 1.82) is 0 Å². The second-order valence-electron chi connectivity index (χ2n) is 8.87. The van der Waals surface area contributed by atoms with E-state index in [0.29, 0.717) is 5.56 Å². The highest BCUT2D eigenvalue weighted by atomic mass is 19.1. The molecule has 0 aromatic heterocycles. The van der Waals surface area contributed by atoms with Gasteiger partial charge in [0, 0.05) is 12.0 Å². The highest BCUT2D eigenvalue weighted by molar-refractivity contribution is 6.11. The fraction of sp³-hybridized carbons (Fsp3) is 0.231. The number of carbonyl (C=O) groups is 2. The van der Waals surface area contributed by atoms with E-state index >= 15 is 0 Å². The van der Waals surface area contributed by atoms with E-state index in [-0.39, 0.29) is 23.7 Å². The van der Waals surface area contributed by atoms with Gasteiger partial charge in [0.05, 0.1) is 11.6 Å². The topological polar surface area (TPSA) is 57.6 Å². The minimum atomic E-state index is -0.779. The Kier molecular flexibility index (Phi) is 5.13. The van der Waals surface area contributed by atoms with Gasteiger partial charge in [-0.15, -0.1) is 0 Å². The summed E-state index contributed by atoms with van der Waals surface area (Å²) in [5, 5.41) is 12.7. The first-order valence-corrected chi connectivity index (χ1v) is 10.2. The Balaban J connectivity index is 1.89. The van der Waals surface area contributed by atoms with Crippen LogP contribution in [0.25, 0.3) is 10.8 Å². The van der Waals surface area contributed by atoms with Crippen molar-refractivity contribution in [3.63, 3.8) is 0 Å². The standard InChI is InChI=1S/C26H24FNO3/c1-26(2,3)24(30)21-22(20-10-6-8-17-7-4-5-9-19(17)20)28(25(31)23(21)29)15-16-11-13-18(27)14-12-16/h4-14,22,29H,15H2,1-3H3. The van der Waals surface area contributed by atoms with Crippen LogP contribution in [0.2, 0.25) is 0 Å². The average Bonchev–Trinajstić information content (AvgIpc) is 2.98. The molecule has 4 nitrogen and oxygen atoms in total. The number of carbonyl (C=O) groups excluding carboxylic acids is 2. The molecule has 0 saturated carbocycles. The summed E-state index contributed by atoms with van der Waals surface area (Å²) in [6, 6.07) is 18.6. The molecule has 3 aromatic carbocycles. The molecule has 158 valence electrons. The molecule has 1 atom stereocenters. The number of halogens is 1. The summed E-state index contributed by atoms with van der Waals surface area (Å²) in [6.07, 6.45) is 0. The van der Waals surface area contributed by atoms with E-state index in [1.54, 1.807) is 32.9 Å². The minimum Gasteiger partial charge on any atom is -0.503 e. The molecule has 1 amide bonds. The molecule has 1 aliphatic rings. The van der Waals surface area contributed by atoms with Gasteiger partial charge in [0.25, 0.3) is 5.91 Å². The lowest BCUT2D eigenvalue weighted by Gasteiger charge is -2.29. The molecule has 0 saturated heterocycles. The number of fused-ring (bicyclic) bond motifs is 1. The summed E-state index contributed by atoms with van der Waals surface area (Å²) in [6.45, 7) is 5.44. The Hall–Kier alpha value is -3.47. The third-order valence-corrected chi connectivity index (χ3v) is 5.61. The van der Waals surface area contributed by atoms with E-state index in [9.17, 15) is 19.1 Å². The molecule has 0 radical (unpaired) electrons. The molecule has 0 bridgehead atoms. The third-order valence-electron chi connectivity index (χ3n) is 5.61. The van der Waals surface area contributed by atoms with Crippen molar-refractivity contribution in [3.8, 4) is 0 Å². The lowest BCUT2D eigenvalue weighted by molar-refractivity contribution is -0.130. The molecule has 1 unspecified atom stereocenters. The Morgan fingerprint density at radius 2 is 1.65 bits per heavy atom. The molecule has 1 heterocycles. The van der Waals surface area contributed by atoms with Gasteiger partial charge < -0.3 is 10.0 Å². The zero-order valence-electron chi connectivity index (χ0n) is 17.7. The number of aliphatic hydroxyl groups excluding tert-OH is 1. The summed E-state index contributed by atoms with van der Waals surface area (Å²) in [5.74, 6) is -1.76. The van der Waals surface area contributed by atoms with Crippen LogP contribution in [0.3, 0.4) is 0 Å². The van der Waals surface area contributed by atoms with Crippen LogP contribution in [0, 0.1) is 11.2 Å². The van der Waals surface area contributed by atoms with Crippen LogP contribution in [0.15, 0.2) is 78.1 Å². The van der Waals surface area contributed by atoms with Gasteiger partial charge in [-0.25, -0.2) is 4.39 Å². The Morgan fingerprint density at radius 1 is 1.00 bits per heavy atom. The van der Waals surface area contributed by atoms with E-state index in [1.807, 2.05) is 42.5 Å². The van der Waals surface area contributed by atoms with Gasteiger partial charge in [-0.05, 0) is 34.0 Å². The first-order valence-electron chi connectivity index (χ1n) is 10.2. The number of aliphatic hydroxyl groups is 1. The highest BCUT2D eigenvalue weighted by Gasteiger charge is 2.46. The third kappa shape index (κ3) is 3.72. The molecule has 31 heavy (non-hydrogen) atoms. The van der Waals surface area contributed by atoms with Gasteiger partial charge in [0.15, 0.2) is 11.5 Å². The Labute approximate surface area is 180 Å². The molecule has 1 aliphatic heterocycles. The molecule has 4 rings (SSSR count). The van der Waals surface area contributed by atoms with Gasteiger partial charge in [-0.3, -0.25) is 9.59 Å². The molecule has 0 aliphatic carbocycles. The normalized spacial score (nSPS) is 17.0. The molecule has 0 spiro atoms. The van der Waals surface area contributed by atoms with Crippen molar-refractivity contribution < 1.29 is 19.1 Å². The predicted octanol–water partition coefficient (Wildman–Crippen LogP) is 5.49. The SMILES string of the molecule is CC(C)(C)C(=O)C1=C(O)C(=O)N(Cc2ccc(F)cc2)C1c1cccc2ccccc12. The molecular formula is C26H24FNO3. The monoisotopic (exact) mass is 417 g/mol.